The van der Waals surface area contributed by atoms with E-state index in [9.17, 15) is 18.0 Å². The molecule has 1 aliphatic rings. The lowest BCUT2D eigenvalue weighted by molar-refractivity contribution is -0.223. The van der Waals surface area contributed by atoms with Gasteiger partial charge in [-0.05, 0) is 17.2 Å². The van der Waals surface area contributed by atoms with Crippen LogP contribution in [0.3, 0.4) is 0 Å². The van der Waals surface area contributed by atoms with Gasteiger partial charge in [0.25, 0.3) is 0 Å². The summed E-state index contributed by atoms with van der Waals surface area (Å²) in [6.45, 7) is -0.293. The van der Waals surface area contributed by atoms with Crippen molar-refractivity contribution in [2.45, 2.75) is 25.3 Å². The van der Waals surface area contributed by atoms with Gasteiger partial charge >= 0.3 is 6.18 Å². The Morgan fingerprint density at radius 3 is 2.65 bits per heavy atom. The number of pyridine rings is 1. The molecular formula is C15H10Cl2F3NO2. The van der Waals surface area contributed by atoms with E-state index in [2.05, 4.69) is 4.98 Å². The van der Waals surface area contributed by atoms with E-state index in [0.717, 1.165) is 0 Å². The standard InChI is InChI=1S/C15H10Cl2F3NO2/c16-10-2-1-7-3-11(15(18,19)20)23-6-8-5-21-12(22)4-9(8)13(7)14(10)17/h1-2,4-5,11H,3,6H2,(H,21,22)/t11-/m0/s1. The number of fused-ring (bicyclic) bond motifs is 3. The number of alkyl halides is 3. The smallest absolute Gasteiger partial charge is 0.364 e. The lowest BCUT2D eigenvalue weighted by Crippen LogP contribution is -2.34. The van der Waals surface area contributed by atoms with Crippen molar-refractivity contribution in [3.63, 3.8) is 0 Å². The minimum absolute atomic E-state index is 0.124. The number of nitrogens with one attached hydrogen (secondary N) is 1. The molecule has 1 N–H and O–H groups in total. The summed E-state index contributed by atoms with van der Waals surface area (Å²) < 4.78 is 44.4. The number of rotatable bonds is 0. The van der Waals surface area contributed by atoms with Crippen molar-refractivity contribution < 1.29 is 17.9 Å². The number of hydrogen-bond acceptors (Lipinski definition) is 2. The molecule has 1 aromatic carbocycles. The number of ether oxygens (including phenoxy) is 1. The maximum atomic E-state index is 13.1. The Labute approximate surface area is 139 Å². The van der Waals surface area contributed by atoms with Crippen LogP contribution >= 0.6 is 23.2 Å². The Morgan fingerprint density at radius 1 is 1.22 bits per heavy atom. The number of aromatic nitrogens is 1. The normalized spacial score (nSPS) is 17.9. The molecule has 8 heteroatoms. The molecule has 122 valence electrons. The summed E-state index contributed by atoms with van der Waals surface area (Å²) in [5.41, 5.74) is 1.12. The zero-order valence-corrected chi connectivity index (χ0v) is 13.0. The summed E-state index contributed by atoms with van der Waals surface area (Å²) >= 11 is 12.2. The van der Waals surface area contributed by atoms with Crippen LogP contribution in [-0.2, 0) is 17.8 Å². The Bertz CT molecular complexity index is 817. The van der Waals surface area contributed by atoms with E-state index in [1.807, 2.05) is 0 Å². The molecule has 1 aromatic heterocycles. The fraction of sp³-hybridized carbons (Fsp3) is 0.267. The lowest BCUT2D eigenvalue weighted by Gasteiger charge is -2.26. The second-order valence-corrected chi connectivity index (χ2v) is 5.96. The molecule has 0 radical (unpaired) electrons. The first-order valence-corrected chi connectivity index (χ1v) is 7.40. The Balaban J connectivity index is 2.26. The molecule has 0 fully saturated rings. The predicted molar refractivity (Wildman–Crippen MR) is 80.9 cm³/mol. The number of halogens is 5. The van der Waals surface area contributed by atoms with E-state index < -0.39 is 24.3 Å². The Morgan fingerprint density at radius 2 is 1.96 bits per heavy atom. The minimum Gasteiger partial charge on any atom is -0.364 e. The van der Waals surface area contributed by atoms with Crippen molar-refractivity contribution in [3.8, 4) is 11.1 Å². The first kappa shape index (κ1) is 16.4. The molecule has 2 heterocycles. The number of hydrogen-bond donors (Lipinski definition) is 1. The summed E-state index contributed by atoms with van der Waals surface area (Å²) in [4.78, 5) is 14.0. The van der Waals surface area contributed by atoms with Gasteiger partial charge in [-0.2, -0.15) is 13.2 Å². The molecule has 0 aliphatic carbocycles. The van der Waals surface area contributed by atoms with E-state index in [0.29, 0.717) is 22.3 Å². The summed E-state index contributed by atoms with van der Waals surface area (Å²) in [5, 5.41) is 0.334. The summed E-state index contributed by atoms with van der Waals surface area (Å²) in [5.74, 6) is 0. The van der Waals surface area contributed by atoms with Crippen LogP contribution in [0.1, 0.15) is 11.1 Å². The number of H-pyrrole nitrogens is 1. The quantitative estimate of drug-likeness (QED) is 0.755. The van der Waals surface area contributed by atoms with Crippen molar-refractivity contribution in [2.24, 2.45) is 0 Å². The van der Waals surface area contributed by atoms with E-state index in [1.54, 1.807) is 0 Å². The zero-order chi connectivity index (χ0) is 16.8. The largest absolute Gasteiger partial charge is 0.414 e. The van der Waals surface area contributed by atoms with Crippen LogP contribution in [0.5, 0.6) is 0 Å². The predicted octanol–water partition coefficient (Wildman–Crippen LogP) is 4.35. The van der Waals surface area contributed by atoms with Crippen LogP contribution in [0, 0.1) is 0 Å². The second-order valence-electron chi connectivity index (χ2n) is 5.18. The molecule has 0 bridgehead atoms. The van der Waals surface area contributed by atoms with Gasteiger partial charge in [0.2, 0.25) is 5.56 Å². The summed E-state index contributed by atoms with van der Waals surface area (Å²) in [7, 11) is 0. The third-order valence-corrected chi connectivity index (χ3v) is 4.48. The highest BCUT2D eigenvalue weighted by Gasteiger charge is 2.42. The molecule has 0 unspecified atom stereocenters. The highest BCUT2D eigenvalue weighted by Crippen LogP contribution is 2.41. The van der Waals surface area contributed by atoms with Crippen LogP contribution in [-0.4, -0.2) is 17.3 Å². The van der Waals surface area contributed by atoms with Crippen molar-refractivity contribution in [3.05, 3.63) is 55.9 Å². The molecule has 1 atom stereocenters. The van der Waals surface area contributed by atoms with Gasteiger partial charge in [0.05, 0.1) is 16.7 Å². The van der Waals surface area contributed by atoms with Gasteiger partial charge in [-0.1, -0.05) is 29.3 Å². The fourth-order valence-electron chi connectivity index (χ4n) is 2.56. The molecular weight excluding hydrogens is 354 g/mol. The van der Waals surface area contributed by atoms with Crippen LogP contribution in [0.2, 0.25) is 10.0 Å². The molecule has 3 nitrogen and oxygen atoms in total. The monoisotopic (exact) mass is 363 g/mol. The first-order chi connectivity index (χ1) is 10.8. The first-order valence-electron chi connectivity index (χ1n) is 6.64. The van der Waals surface area contributed by atoms with Crippen molar-refractivity contribution in [1.82, 2.24) is 4.98 Å². The van der Waals surface area contributed by atoms with Crippen molar-refractivity contribution in [1.29, 1.82) is 0 Å². The average molecular weight is 364 g/mol. The van der Waals surface area contributed by atoms with Crippen molar-refractivity contribution in [2.75, 3.05) is 0 Å². The van der Waals surface area contributed by atoms with Gasteiger partial charge in [-0.15, -0.1) is 0 Å². The topological polar surface area (TPSA) is 42.1 Å². The highest BCUT2D eigenvalue weighted by molar-refractivity contribution is 6.43. The van der Waals surface area contributed by atoms with Gasteiger partial charge in [0, 0.05) is 29.8 Å². The molecule has 1 aliphatic heterocycles. The third-order valence-electron chi connectivity index (χ3n) is 3.67. The third kappa shape index (κ3) is 3.11. The highest BCUT2D eigenvalue weighted by atomic mass is 35.5. The minimum atomic E-state index is -4.51. The van der Waals surface area contributed by atoms with Gasteiger partial charge in [-0.25, -0.2) is 0 Å². The lowest BCUT2D eigenvalue weighted by atomic mass is 9.92. The molecule has 23 heavy (non-hydrogen) atoms. The van der Waals surface area contributed by atoms with E-state index >= 15 is 0 Å². The Kier molecular flexibility index (Phi) is 4.16. The Hall–Kier alpha value is -1.50. The van der Waals surface area contributed by atoms with Gasteiger partial charge in [0.1, 0.15) is 0 Å². The van der Waals surface area contributed by atoms with E-state index in [-0.39, 0.29) is 16.7 Å². The van der Waals surface area contributed by atoms with Gasteiger partial charge in [0.15, 0.2) is 6.10 Å². The maximum absolute atomic E-state index is 13.1. The van der Waals surface area contributed by atoms with Gasteiger partial charge in [-0.3, -0.25) is 4.79 Å². The molecule has 0 amide bonds. The SMILES string of the molecule is O=c1cc2c(c[nH]1)CO[C@H](C(F)(F)F)Cc1ccc(Cl)c(Cl)c1-2. The summed E-state index contributed by atoms with van der Waals surface area (Å²) in [6.07, 6.45) is -5.54. The van der Waals surface area contributed by atoms with Gasteiger partial charge < -0.3 is 9.72 Å². The molecule has 2 aromatic rings. The molecule has 0 saturated heterocycles. The maximum Gasteiger partial charge on any atom is 0.414 e. The molecule has 0 saturated carbocycles. The zero-order valence-electron chi connectivity index (χ0n) is 11.5. The van der Waals surface area contributed by atoms with Crippen LogP contribution in [0.4, 0.5) is 13.2 Å². The number of aromatic amines is 1. The van der Waals surface area contributed by atoms with Crippen molar-refractivity contribution >= 4 is 23.2 Å². The molecule has 3 rings (SSSR count). The second kappa shape index (κ2) is 5.85. The fourth-order valence-corrected chi connectivity index (χ4v) is 3.01. The average Bonchev–Trinajstić information content (AvgIpc) is 2.44. The van der Waals surface area contributed by atoms with E-state index in [4.69, 9.17) is 27.9 Å². The van der Waals surface area contributed by atoms with Crippen LogP contribution < -0.4 is 5.56 Å². The number of benzene rings is 1. The van der Waals surface area contributed by atoms with Crippen LogP contribution in [0.15, 0.2) is 29.2 Å². The van der Waals surface area contributed by atoms with Crippen LogP contribution in [0.25, 0.3) is 11.1 Å². The molecule has 0 spiro atoms. The summed E-state index contributed by atoms with van der Waals surface area (Å²) in [6, 6.07) is 4.19. The van der Waals surface area contributed by atoms with E-state index in [1.165, 1.54) is 24.4 Å².